The molecule has 1 heterocycles. The summed E-state index contributed by atoms with van der Waals surface area (Å²) in [6.07, 6.45) is -9.86. The van der Waals surface area contributed by atoms with Crippen LogP contribution in [0.4, 0.5) is 32.0 Å². The summed E-state index contributed by atoms with van der Waals surface area (Å²) in [4.78, 5) is 12.7. The number of carbonyl (C=O) groups excluding carboxylic acids is 1. The van der Waals surface area contributed by atoms with E-state index in [9.17, 15) is 31.1 Å². The summed E-state index contributed by atoms with van der Waals surface area (Å²) in [5, 5.41) is 0. The molecule has 1 fully saturated rings. The van der Waals surface area contributed by atoms with Crippen LogP contribution in [-0.2, 0) is 21.9 Å². The van der Waals surface area contributed by atoms with E-state index in [0.717, 1.165) is 12.0 Å². The number of benzene rings is 1. The molecule has 2 rings (SSSR count). The van der Waals surface area contributed by atoms with Gasteiger partial charge in [-0.1, -0.05) is 12.2 Å². The molecule has 1 aromatic carbocycles. The fourth-order valence-corrected chi connectivity index (χ4v) is 2.76. The number of esters is 1. The fraction of sp³-hybridized carbons (Fsp3) is 0.429. The Morgan fingerprint density at radius 2 is 1.62 bits per heavy atom. The van der Waals surface area contributed by atoms with E-state index in [0.29, 0.717) is 12.1 Å². The van der Waals surface area contributed by atoms with E-state index in [2.05, 4.69) is 4.74 Å². The summed E-state index contributed by atoms with van der Waals surface area (Å²) in [6, 6.07) is 1.21. The molecule has 0 radical (unpaired) electrons. The van der Waals surface area contributed by atoms with Gasteiger partial charge in [0.25, 0.3) is 0 Å². The van der Waals surface area contributed by atoms with Crippen LogP contribution in [0.3, 0.4) is 0 Å². The number of halogens is 6. The Labute approximate surface area is 138 Å². The van der Waals surface area contributed by atoms with Gasteiger partial charge in [0, 0.05) is 18.7 Å². The van der Waals surface area contributed by atoms with Crippen LogP contribution in [0, 0.1) is 5.92 Å². The second-order valence-electron chi connectivity index (χ2n) is 5.19. The Hall–Kier alpha value is -1.84. The number of anilines is 1. The van der Waals surface area contributed by atoms with E-state index in [1.54, 1.807) is 0 Å². The van der Waals surface area contributed by atoms with Crippen LogP contribution in [0.15, 0.2) is 18.2 Å². The topological polar surface area (TPSA) is 29.5 Å². The molecule has 1 saturated heterocycles. The molecule has 1 aliphatic heterocycles. The maximum atomic E-state index is 12.9. The minimum absolute atomic E-state index is 0.0274. The van der Waals surface area contributed by atoms with Crippen molar-refractivity contribution >= 4 is 28.9 Å². The summed E-state index contributed by atoms with van der Waals surface area (Å²) < 4.78 is 81.9. The first-order valence-corrected chi connectivity index (χ1v) is 7.02. The number of carbonyl (C=O) groups is 1. The van der Waals surface area contributed by atoms with Gasteiger partial charge < -0.3 is 9.64 Å². The van der Waals surface area contributed by atoms with E-state index in [1.165, 1.54) is 0 Å². The van der Waals surface area contributed by atoms with Crippen molar-refractivity contribution in [1.82, 2.24) is 0 Å². The number of rotatable bonds is 2. The lowest BCUT2D eigenvalue weighted by Gasteiger charge is -2.22. The highest BCUT2D eigenvalue weighted by atomic mass is 32.1. The van der Waals surface area contributed by atoms with Crippen LogP contribution in [0.5, 0.6) is 0 Å². The maximum absolute atomic E-state index is 12.9. The highest BCUT2D eigenvalue weighted by molar-refractivity contribution is 7.80. The van der Waals surface area contributed by atoms with Crippen LogP contribution < -0.4 is 4.90 Å². The van der Waals surface area contributed by atoms with Crippen LogP contribution in [-0.4, -0.2) is 24.6 Å². The van der Waals surface area contributed by atoms with Gasteiger partial charge in [-0.25, -0.2) is 0 Å². The molecular formula is C14H11F6NO2S. The molecule has 0 amide bonds. The normalized spacial score (nSPS) is 18.9. The lowest BCUT2D eigenvalue weighted by Crippen LogP contribution is -2.26. The highest BCUT2D eigenvalue weighted by Crippen LogP contribution is 2.39. The van der Waals surface area contributed by atoms with Crippen LogP contribution in [0.2, 0.25) is 0 Å². The summed E-state index contributed by atoms with van der Waals surface area (Å²) in [7, 11) is 1.14. The minimum atomic E-state index is -4.95. The van der Waals surface area contributed by atoms with Crippen LogP contribution >= 0.6 is 12.2 Å². The lowest BCUT2D eigenvalue weighted by molar-refractivity contribution is -0.145. The molecule has 10 heteroatoms. The highest BCUT2D eigenvalue weighted by Gasteiger charge is 2.39. The smallest absolute Gasteiger partial charge is 0.416 e. The van der Waals surface area contributed by atoms with Crippen molar-refractivity contribution in [3.05, 3.63) is 29.3 Å². The predicted octanol–water partition coefficient (Wildman–Crippen LogP) is 4.05. The molecule has 0 saturated carbocycles. The van der Waals surface area contributed by atoms with Gasteiger partial charge in [0.15, 0.2) is 0 Å². The molecule has 0 unspecified atom stereocenters. The number of hydrogen-bond donors (Lipinski definition) is 0. The number of hydrogen-bond acceptors (Lipinski definition) is 3. The first-order valence-electron chi connectivity index (χ1n) is 6.61. The molecular weight excluding hydrogens is 360 g/mol. The third-order valence-electron chi connectivity index (χ3n) is 3.54. The van der Waals surface area contributed by atoms with Crippen LogP contribution in [0.25, 0.3) is 0 Å². The van der Waals surface area contributed by atoms with E-state index in [1.807, 2.05) is 0 Å². The molecule has 0 bridgehead atoms. The predicted molar refractivity (Wildman–Crippen MR) is 76.5 cm³/mol. The van der Waals surface area contributed by atoms with E-state index >= 15 is 0 Å². The van der Waals surface area contributed by atoms with Crippen molar-refractivity contribution in [2.75, 3.05) is 18.6 Å². The number of methoxy groups -OCH3 is 1. The Morgan fingerprint density at radius 1 is 1.12 bits per heavy atom. The zero-order valence-corrected chi connectivity index (χ0v) is 13.0. The molecule has 24 heavy (non-hydrogen) atoms. The third kappa shape index (κ3) is 3.80. The van der Waals surface area contributed by atoms with Crippen molar-refractivity contribution in [1.29, 1.82) is 0 Å². The van der Waals surface area contributed by atoms with Gasteiger partial charge in [-0.05, 0) is 18.2 Å². The third-order valence-corrected chi connectivity index (χ3v) is 3.93. The molecule has 132 valence electrons. The second-order valence-corrected chi connectivity index (χ2v) is 5.66. The number of nitrogens with zero attached hydrogens (tertiary/aromatic N) is 1. The standard InChI is InChI=1S/C14H11F6NO2S/c1-23-12(22)7-2-11(24)21(6-7)10-4-8(13(15,16)17)3-9(5-10)14(18,19)20/h3-5,7H,2,6H2,1H3/t7-/m1/s1. The summed E-state index contributed by atoms with van der Waals surface area (Å²) >= 11 is 5.00. The van der Waals surface area contributed by atoms with Gasteiger partial charge in [-0.15, -0.1) is 0 Å². The SMILES string of the molecule is COC(=O)[C@@H]1CC(=S)N(c2cc(C(F)(F)F)cc(C(F)(F)F)c2)C1. The summed E-state index contributed by atoms with van der Waals surface area (Å²) in [5.74, 6) is -1.35. The van der Waals surface area contributed by atoms with Crippen molar-refractivity contribution in [3.63, 3.8) is 0 Å². The quantitative estimate of drug-likeness (QED) is 0.446. The second kappa shape index (κ2) is 6.23. The molecule has 1 aromatic rings. The Balaban J connectivity index is 2.46. The zero-order valence-electron chi connectivity index (χ0n) is 12.2. The van der Waals surface area contributed by atoms with Gasteiger partial charge in [0.1, 0.15) is 0 Å². The molecule has 0 aromatic heterocycles. The fourth-order valence-electron chi connectivity index (χ4n) is 2.38. The lowest BCUT2D eigenvalue weighted by atomic mass is 10.1. The number of ether oxygens (including phenoxy) is 1. The zero-order chi connectivity index (χ0) is 18.3. The van der Waals surface area contributed by atoms with E-state index in [4.69, 9.17) is 12.2 Å². The largest absolute Gasteiger partial charge is 0.469 e. The Kier molecular flexibility index (Phi) is 4.80. The average molecular weight is 371 g/mol. The van der Waals surface area contributed by atoms with Gasteiger partial charge in [0.2, 0.25) is 0 Å². The van der Waals surface area contributed by atoms with Crippen LogP contribution in [0.1, 0.15) is 17.5 Å². The van der Waals surface area contributed by atoms with Gasteiger partial charge >= 0.3 is 18.3 Å². The van der Waals surface area contributed by atoms with Crippen molar-refractivity contribution in [2.45, 2.75) is 18.8 Å². The average Bonchev–Trinajstić information content (AvgIpc) is 2.86. The summed E-state index contributed by atoms with van der Waals surface area (Å²) in [5.41, 5.74) is -3.22. The van der Waals surface area contributed by atoms with Crippen molar-refractivity contribution in [2.24, 2.45) is 5.92 Å². The number of thiocarbonyl (C=S) groups is 1. The van der Waals surface area contributed by atoms with Gasteiger partial charge in [-0.3, -0.25) is 4.79 Å². The van der Waals surface area contributed by atoms with Gasteiger partial charge in [0.05, 0.1) is 29.1 Å². The molecule has 3 nitrogen and oxygen atoms in total. The first-order chi connectivity index (χ1) is 10.9. The molecule has 0 N–H and O–H groups in total. The summed E-state index contributed by atoms with van der Waals surface area (Å²) in [6.45, 7) is -0.135. The van der Waals surface area contributed by atoms with Crippen molar-refractivity contribution in [3.8, 4) is 0 Å². The van der Waals surface area contributed by atoms with Gasteiger partial charge in [-0.2, -0.15) is 26.3 Å². The molecule has 1 atom stereocenters. The maximum Gasteiger partial charge on any atom is 0.416 e. The molecule has 0 aliphatic carbocycles. The monoisotopic (exact) mass is 371 g/mol. The van der Waals surface area contributed by atoms with E-state index in [-0.39, 0.29) is 29.7 Å². The van der Waals surface area contributed by atoms with Crippen molar-refractivity contribution < 1.29 is 35.9 Å². The first kappa shape index (κ1) is 18.5. The Morgan fingerprint density at radius 3 is 2.04 bits per heavy atom. The Bertz CT molecular complexity index is 638. The minimum Gasteiger partial charge on any atom is -0.469 e. The number of alkyl halides is 6. The molecule has 1 aliphatic rings. The van der Waals surface area contributed by atoms with E-state index < -0.39 is 35.4 Å². The molecule has 0 spiro atoms.